The first-order valence-corrected chi connectivity index (χ1v) is 13.2. The highest BCUT2D eigenvalue weighted by Gasteiger charge is 2.28. The number of aromatic nitrogens is 3. The number of hydrogen-bond acceptors (Lipinski definition) is 6. The number of rotatable bonds is 6. The Hall–Kier alpha value is -2.87. The van der Waals surface area contributed by atoms with E-state index in [1.165, 1.54) is 31.3 Å². The molecule has 2 fully saturated rings. The molecule has 8 nitrogen and oxygen atoms in total. The van der Waals surface area contributed by atoms with Crippen LogP contribution in [-0.4, -0.2) is 70.0 Å². The Labute approximate surface area is 208 Å². The molecule has 3 aliphatic rings. The van der Waals surface area contributed by atoms with Gasteiger partial charge in [-0.15, -0.1) is 0 Å². The zero-order valence-electron chi connectivity index (χ0n) is 21.5. The van der Waals surface area contributed by atoms with Crippen LogP contribution in [0, 0.1) is 5.92 Å². The second kappa shape index (κ2) is 10.0. The van der Waals surface area contributed by atoms with Gasteiger partial charge >= 0.3 is 0 Å². The quantitative estimate of drug-likeness (QED) is 0.651. The molecule has 188 valence electrons. The molecule has 1 saturated heterocycles. The van der Waals surface area contributed by atoms with Crippen LogP contribution < -0.4 is 10.6 Å². The molecule has 0 unspecified atom stereocenters. The summed E-state index contributed by atoms with van der Waals surface area (Å²) >= 11 is 0. The number of fused-ring (bicyclic) bond motifs is 1. The molecule has 0 bridgehead atoms. The van der Waals surface area contributed by atoms with Gasteiger partial charge in [-0.3, -0.25) is 4.79 Å². The maximum Gasteiger partial charge on any atom is 0.270 e. The molecule has 5 rings (SSSR count). The van der Waals surface area contributed by atoms with Gasteiger partial charge in [-0.05, 0) is 76.3 Å². The molecule has 0 atom stereocenters. The van der Waals surface area contributed by atoms with E-state index in [0.29, 0.717) is 29.6 Å². The molecule has 2 aliphatic heterocycles. The minimum absolute atomic E-state index is 0.0148. The zero-order chi connectivity index (χ0) is 24.5. The van der Waals surface area contributed by atoms with Crippen molar-refractivity contribution >= 4 is 22.9 Å². The van der Waals surface area contributed by atoms with Gasteiger partial charge in [0.05, 0.1) is 0 Å². The van der Waals surface area contributed by atoms with E-state index in [-0.39, 0.29) is 5.91 Å². The fourth-order valence-electron chi connectivity index (χ4n) is 5.76. The van der Waals surface area contributed by atoms with Crippen molar-refractivity contribution in [2.45, 2.75) is 64.5 Å². The SMILES string of the molecule is CC(C)N1CC(C2CCNCC2)=CC=C1Nc1ncc2cc(C(=O)N(C)C)n(C3CCCC3)c2n1. The summed E-state index contributed by atoms with van der Waals surface area (Å²) in [5.74, 6) is 2.28. The van der Waals surface area contributed by atoms with Crippen LogP contribution in [0.1, 0.15) is 68.9 Å². The average Bonchev–Trinajstić information content (AvgIpc) is 3.51. The van der Waals surface area contributed by atoms with Gasteiger partial charge in [0.2, 0.25) is 5.95 Å². The number of piperidine rings is 1. The number of nitrogens with one attached hydrogen (secondary N) is 2. The Morgan fingerprint density at radius 2 is 1.89 bits per heavy atom. The predicted molar refractivity (Wildman–Crippen MR) is 140 cm³/mol. The van der Waals surface area contributed by atoms with Crippen molar-refractivity contribution in [3.8, 4) is 0 Å². The average molecular weight is 478 g/mol. The van der Waals surface area contributed by atoms with Crippen molar-refractivity contribution in [1.29, 1.82) is 0 Å². The van der Waals surface area contributed by atoms with Crippen molar-refractivity contribution in [3.05, 3.63) is 41.5 Å². The van der Waals surface area contributed by atoms with Crippen molar-refractivity contribution in [3.63, 3.8) is 0 Å². The molecule has 1 aliphatic carbocycles. The van der Waals surface area contributed by atoms with Gasteiger partial charge in [0.15, 0.2) is 0 Å². The molecule has 0 radical (unpaired) electrons. The van der Waals surface area contributed by atoms with Gasteiger partial charge in [0, 0.05) is 44.3 Å². The summed E-state index contributed by atoms with van der Waals surface area (Å²) in [5, 5.41) is 7.89. The molecular weight excluding hydrogens is 438 g/mol. The maximum atomic E-state index is 13.0. The highest BCUT2D eigenvalue weighted by molar-refractivity contribution is 5.97. The smallest absolute Gasteiger partial charge is 0.270 e. The second-order valence-corrected chi connectivity index (χ2v) is 10.7. The number of nitrogens with zero attached hydrogens (tertiary/aromatic N) is 5. The number of carbonyl (C=O) groups excluding carboxylic acids is 1. The normalized spacial score (nSPS) is 19.9. The van der Waals surface area contributed by atoms with Crippen LogP contribution in [0.2, 0.25) is 0 Å². The zero-order valence-corrected chi connectivity index (χ0v) is 21.5. The molecular formula is C27H39N7O. The highest BCUT2D eigenvalue weighted by Crippen LogP contribution is 2.35. The monoisotopic (exact) mass is 477 g/mol. The summed E-state index contributed by atoms with van der Waals surface area (Å²) in [6, 6.07) is 2.62. The van der Waals surface area contributed by atoms with Crippen molar-refractivity contribution < 1.29 is 4.79 Å². The van der Waals surface area contributed by atoms with E-state index >= 15 is 0 Å². The first-order chi connectivity index (χ1) is 16.9. The third-order valence-electron chi connectivity index (χ3n) is 7.74. The number of carbonyl (C=O) groups is 1. The molecule has 1 amide bonds. The molecule has 0 spiro atoms. The van der Waals surface area contributed by atoms with Crippen LogP contribution >= 0.6 is 0 Å². The largest absolute Gasteiger partial charge is 0.352 e. The van der Waals surface area contributed by atoms with E-state index in [2.05, 4.69) is 51.1 Å². The summed E-state index contributed by atoms with van der Waals surface area (Å²) in [7, 11) is 3.61. The van der Waals surface area contributed by atoms with E-state index in [0.717, 1.165) is 49.3 Å². The van der Waals surface area contributed by atoms with Gasteiger partial charge in [-0.2, -0.15) is 4.98 Å². The Morgan fingerprint density at radius 1 is 1.14 bits per heavy atom. The third kappa shape index (κ3) is 4.81. The van der Waals surface area contributed by atoms with Crippen LogP contribution in [-0.2, 0) is 0 Å². The summed E-state index contributed by atoms with van der Waals surface area (Å²) in [5.41, 5.74) is 3.07. The fraction of sp³-hybridized carbons (Fsp3) is 0.593. The van der Waals surface area contributed by atoms with Gasteiger partial charge in [0.1, 0.15) is 17.2 Å². The molecule has 0 aromatic carbocycles. The van der Waals surface area contributed by atoms with Gasteiger partial charge in [-0.1, -0.05) is 18.9 Å². The first-order valence-electron chi connectivity index (χ1n) is 13.2. The summed E-state index contributed by atoms with van der Waals surface area (Å²) in [6.07, 6.45) is 13.3. The second-order valence-electron chi connectivity index (χ2n) is 10.7. The molecule has 4 heterocycles. The van der Waals surface area contributed by atoms with E-state index in [4.69, 9.17) is 4.98 Å². The molecule has 35 heavy (non-hydrogen) atoms. The third-order valence-corrected chi connectivity index (χ3v) is 7.74. The molecule has 2 aromatic rings. The Kier molecular flexibility index (Phi) is 6.82. The van der Waals surface area contributed by atoms with E-state index in [1.807, 2.05) is 12.3 Å². The Bertz CT molecular complexity index is 1130. The number of hydrogen-bond donors (Lipinski definition) is 2. The van der Waals surface area contributed by atoms with Crippen molar-refractivity contribution in [2.75, 3.05) is 39.0 Å². The van der Waals surface area contributed by atoms with Gasteiger partial charge in [0.25, 0.3) is 5.91 Å². The number of anilines is 1. The maximum absolute atomic E-state index is 13.0. The lowest BCUT2D eigenvalue weighted by Gasteiger charge is -2.37. The van der Waals surface area contributed by atoms with Gasteiger partial charge in [-0.25, -0.2) is 4.98 Å². The number of allylic oxidation sites excluding steroid dienone is 2. The summed E-state index contributed by atoms with van der Waals surface area (Å²) in [6.45, 7) is 7.60. The lowest BCUT2D eigenvalue weighted by molar-refractivity contribution is 0.0815. The Morgan fingerprint density at radius 3 is 2.57 bits per heavy atom. The lowest BCUT2D eigenvalue weighted by Crippen LogP contribution is -2.39. The minimum Gasteiger partial charge on any atom is -0.352 e. The minimum atomic E-state index is 0.0148. The summed E-state index contributed by atoms with van der Waals surface area (Å²) in [4.78, 5) is 26.6. The van der Waals surface area contributed by atoms with Crippen LogP contribution in [0.5, 0.6) is 0 Å². The number of amides is 1. The van der Waals surface area contributed by atoms with Crippen LogP contribution in [0.25, 0.3) is 11.0 Å². The summed E-state index contributed by atoms with van der Waals surface area (Å²) < 4.78 is 2.17. The van der Waals surface area contributed by atoms with E-state index < -0.39 is 0 Å². The molecule has 2 N–H and O–H groups in total. The Balaban J connectivity index is 1.47. The van der Waals surface area contributed by atoms with Crippen LogP contribution in [0.4, 0.5) is 5.95 Å². The van der Waals surface area contributed by atoms with Crippen molar-refractivity contribution in [2.24, 2.45) is 5.92 Å². The first kappa shape index (κ1) is 23.9. The molecule has 1 saturated carbocycles. The van der Waals surface area contributed by atoms with Crippen LogP contribution in [0.15, 0.2) is 35.8 Å². The van der Waals surface area contributed by atoms with Crippen LogP contribution in [0.3, 0.4) is 0 Å². The molecule has 8 heteroatoms. The van der Waals surface area contributed by atoms with E-state index in [9.17, 15) is 4.79 Å². The predicted octanol–water partition coefficient (Wildman–Crippen LogP) is 4.15. The fourth-order valence-corrected chi connectivity index (χ4v) is 5.76. The lowest BCUT2D eigenvalue weighted by atomic mass is 9.88. The van der Waals surface area contributed by atoms with Crippen molar-refractivity contribution in [1.82, 2.24) is 29.7 Å². The molecule has 2 aromatic heterocycles. The van der Waals surface area contributed by atoms with E-state index in [1.54, 1.807) is 19.0 Å². The van der Waals surface area contributed by atoms with Gasteiger partial charge < -0.3 is 25.0 Å². The standard InChI is InChI=1S/C27H39N7O/c1-18(2)33-17-20(19-11-13-28-14-12-19)9-10-24(33)30-27-29-16-21-15-23(26(35)32(3)4)34(25(21)31-27)22-7-5-6-8-22/h9-10,15-16,18-19,22,28H,5-8,11-14,17H2,1-4H3,(H,29,30,31). The topological polar surface area (TPSA) is 78.3 Å². The highest BCUT2D eigenvalue weighted by atomic mass is 16.2.